The summed E-state index contributed by atoms with van der Waals surface area (Å²) in [6, 6.07) is 5.52. The van der Waals surface area contributed by atoms with Gasteiger partial charge in [-0.05, 0) is 34.1 Å². The van der Waals surface area contributed by atoms with E-state index in [1.165, 1.54) is 0 Å². The molecule has 0 aliphatic heterocycles. The fourth-order valence-corrected chi connectivity index (χ4v) is 1.70. The fourth-order valence-electron chi connectivity index (χ4n) is 1.38. The number of halogens is 1. The van der Waals surface area contributed by atoms with Crippen LogP contribution in [0.4, 0.5) is 0 Å². The van der Waals surface area contributed by atoms with Gasteiger partial charge in [0.25, 0.3) is 5.78 Å². The second-order valence-electron chi connectivity index (χ2n) is 2.90. The molecule has 0 fully saturated rings. The molecule has 74 valence electrons. The van der Waals surface area contributed by atoms with E-state index < -0.39 is 0 Å². The first-order valence-corrected chi connectivity index (χ1v) is 5.05. The van der Waals surface area contributed by atoms with Gasteiger partial charge in [0, 0.05) is 6.20 Å². The lowest BCUT2D eigenvalue weighted by Crippen LogP contribution is -1.94. The normalized spacial score (nSPS) is 11.0. The van der Waals surface area contributed by atoms with Crippen LogP contribution in [-0.2, 0) is 0 Å². The van der Waals surface area contributed by atoms with Gasteiger partial charge in [-0.15, -0.1) is 5.10 Å². The lowest BCUT2D eigenvalue weighted by atomic mass is 10.3. The Morgan fingerprint density at radius 3 is 3.07 bits per heavy atom. The molecule has 6 heteroatoms. The van der Waals surface area contributed by atoms with Gasteiger partial charge < -0.3 is 4.42 Å². The largest absolute Gasteiger partial charge is 0.463 e. The number of aromatic nitrogens is 4. The molecular weight excluding hydrogens is 260 g/mol. The van der Waals surface area contributed by atoms with E-state index in [4.69, 9.17) is 4.42 Å². The maximum atomic E-state index is 5.31. The SMILES string of the molecule is Brc1nc2nccc(-c3ccco3)n2n1. The van der Waals surface area contributed by atoms with Gasteiger partial charge in [0.05, 0.1) is 6.26 Å². The first-order valence-electron chi connectivity index (χ1n) is 4.26. The van der Waals surface area contributed by atoms with Crippen molar-refractivity contribution in [2.45, 2.75) is 0 Å². The quantitative estimate of drug-likeness (QED) is 0.676. The van der Waals surface area contributed by atoms with E-state index in [1.807, 2.05) is 18.2 Å². The number of hydrogen-bond donors (Lipinski definition) is 0. The molecule has 0 saturated carbocycles. The number of nitrogens with zero attached hydrogens (tertiary/aromatic N) is 4. The van der Waals surface area contributed by atoms with Gasteiger partial charge in [-0.3, -0.25) is 0 Å². The molecule has 0 radical (unpaired) electrons. The Kier molecular flexibility index (Phi) is 1.81. The molecule has 0 saturated heterocycles. The predicted octanol–water partition coefficient (Wildman–Crippen LogP) is 2.15. The van der Waals surface area contributed by atoms with Crippen LogP contribution in [0.3, 0.4) is 0 Å². The molecule has 3 aromatic rings. The highest BCUT2D eigenvalue weighted by Crippen LogP contribution is 2.19. The van der Waals surface area contributed by atoms with Gasteiger partial charge in [0.15, 0.2) is 5.76 Å². The van der Waals surface area contributed by atoms with Crippen molar-refractivity contribution < 1.29 is 4.42 Å². The van der Waals surface area contributed by atoms with Crippen LogP contribution in [0.1, 0.15) is 0 Å². The molecule has 0 atom stereocenters. The third kappa shape index (κ3) is 1.33. The van der Waals surface area contributed by atoms with E-state index >= 15 is 0 Å². The predicted molar refractivity (Wildman–Crippen MR) is 56.2 cm³/mol. The van der Waals surface area contributed by atoms with Crippen LogP contribution >= 0.6 is 15.9 Å². The van der Waals surface area contributed by atoms with E-state index in [2.05, 4.69) is 31.0 Å². The molecule has 15 heavy (non-hydrogen) atoms. The minimum Gasteiger partial charge on any atom is -0.463 e. The number of furan rings is 1. The highest BCUT2D eigenvalue weighted by molar-refractivity contribution is 9.10. The highest BCUT2D eigenvalue weighted by atomic mass is 79.9. The average Bonchev–Trinajstić information content (AvgIpc) is 2.82. The van der Waals surface area contributed by atoms with Crippen LogP contribution < -0.4 is 0 Å². The highest BCUT2D eigenvalue weighted by Gasteiger charge is 2.09. The van der Waals surface area contributed by atoms with E-state index in [9.17, 15) is 0 Å². The molecule has 5 nitrogen and oxygen atoms in total. The molecular formula is C9H5BrN4O. The Balaban J connectivity index is 2.35. The van der Waals surface area contributed by atoms with Crippen LogP contribution in [0, 0.1) is 0 Å². The summed E-state index contributed by atoms with van der Waals surface area (Å²) in [7, 11) is 0. The smallest absolute Gasteiger partial charge is 0.253 e. The molecule has 0 aliphatic rings. The molecule has 0 N–H and O–H groups in total. The van der Waals surface area contributed by atoms with Crippen molar-refractivity contribution in [3.05, 3.63) is 35.4 Å². The van der Waals surface area contributed by atoms with Crippen molar-refractivity contribution in [3.63, 3.8) is 0 Å². The van der Waals surface area contributed by atoms with Crippen LogP contribution in [0.5, 0.6) is 0 Å². The molecule has 3 rings (SSSR count). The Hall–Kier alpha value is -1.69. The van der Waals surface area contributed by atoms with Crippen LogP contribution in [0.25, 0.3) is 17.2 Å². The molecule has 0 unspecified atom stereocenters. The summed E-state index contributed by atoms with van der Waals surface area (Å²) >= 11 is 3.21. The molecule has 3 heterocycles. The minimum absolute atomic E-state index is 0.508. The first kappa shape index (κ1) is 8.60. The maximum absolute atomic E-state index is 5.31. The Bertz CT molecular complexity index is 602. The van der Waals surface area contributed by atoms with Crippen LogP contribution in [0.15, 0.2) is 39.8 Å². The van der Waals surface area contributed by atoms with Crippen LogP contribution in [0.2, 0.25) is 0 Å². The van der Waals surface area contributed by atoms with E-state index in [-0.39, 0.29) is 0 Å². The number of fused-ring (bicyclic) bond motifs is 1. The molecule has 3 aromatic heterocycles. The van der Waals surface area contributed by atoms with E-state index in [1.54, 1.807) is 17.0 Å². The van der Waals surface area contributed by atoms with Gasteiger partial charge in [-0.2, -0.15) is 9.50 Å². The summed E-state index contributed by atoms with van der Waals surface area (Å²) in [5, 5.41) is 4.17. The van der Waals surface area contributed by atoms with Gasteiger partial charge in [-0.25, -0.2) is 4.98 Å². The van der Waals surface area contributed by atoms with Crippen molar-refractivity contribution >= 4 is 21.7 Å². The number of rotatable bonds is 1. The van der Waals surface area contributed by atoms with Crippen molar-refractivity contribution in [2.75, 3.05) is 0 Å². The van der Waals surface area contributed by atoms with Crippen LogP contribution in [-0.4, -0.2) is 19.6 Å². The van der Waals surface area contributed by atoms with Gasteiger partial charge in [-0.1, -0.05) is 0 Å². The zero-order valence-corrected chi connectivity index (χ0v) is 9.05. The monoisotopic (exact) mass is 264 g/mol. The second-order valence-corrected chi connectivity index (χ2v) is 3.61. The van der Waals surface area contributed by atoms with Gasteiger partial charge >= 0.3 is 0 Å². The Morgan fingerprint density at radius 1 is 1.33 bits per heavy atom. The zero-order valence-electron chi connectivity index (χ0n) is 7.46. The minimum atomic E-state index is 0.508. The zero-order chi connectivity index (χ0) is 10.3. The van der Waals surface area contributed by atoms with Crippen molar-refractivity contribution in [1.29, 1.82) is 0 Å². The van der Waals surface area contributed by atoms with E-state index in [0.717, 1.165) is 11.5 Å². The fraction of sp³-hybridized carbons (Fsp3) is 0. The molecule has 0 spiro atoms. The number of hydrogen-bond acceptors (Lipinski definition) is 4. The lowest BCUT2D eigenvalue weighted by molar-refractivity contribution is 0.577. The second kappa shape index (κ2) is 3.16. The topological polar surface area (TPSA) is 56.2 Å². The standard InChI is InChI=1S/C9H5BrN4O/c10-8-12-9-11-4-3-6(14(9)13-8)7-2-1-5-15-7/h1-5H. The van der Waals surface area contributed by atoms with Gasteiger partial charge in [0.1, 0.15) is 5.69 Å². The lowest BCUT2D eigenvalue weighted by Gasteiger charge is -1.98. The summed E-state index contributed by atoms with van der Waals surface area (Å²) in [5.41, 5.74) is 0.822. The summed E-state index contributed by atoms with van der Waals surface area (Å²) in [6.07, 6.45) is 3.29. The molecule has 0 aromatic carbocycles. The first-order chi connectivity index (χ1) is 7.34. The summed E-state index contributed by atoms with van der Waals surface area (Å²) in [4.78, 5) is 8.19. The maximum Gasteiger partial charge on any atom is 0.253 e. The van der Waals surface area contributed by atoms with E-state index in [0.29, 0.717) is 10.5 Å². The molecule has 0 aliphatic carbocycles. The average molecular weight is 265 g/mol. The Morgan fingerprint density at radius 2 is 2.27 bits per heavy atom. The van der Waals surface area contributed by atoms with Gasteiger partial charge in [0.2, 0.25) is 4.73 Å². The third-order valence-corrected chi connectivity index (χ3v) is 2.32. The molecule has 0 amide bonds. The third-order valence-electron chi connectivity index (χ3n) is 1.99. The molecule has 0 bridgehead atoms. The Labute approximate surface area is 92.9 Å². The van der Waals surface area contributed by atoms with Crippen molar-refractivity contribution in [3.8, 4) is 11.5 Å². The summed E-state index contributed by atoms with van der Waals surface area (Å²) in [5.74, 6) is 1.27. The summed E-state index contributed by atoms with van der Waals surface area (Å²) in [6.45, 7) is 0. The van der Waals surface area contributed by atoms with Crippen molar-refractivity contribution in [2.24, 2.45) is 0 Å². The van der Waals surface area contributed by atoms with Crippen molar-refractivity contribution in [1.82, 2.24) is 19.6 Å². The summed E-state index contributed by atoms with van der Waals surface area (Å²) < 4.78 is 7.44.